The molecule has 3 aromatic rings. The Bertz CT molecular complexity index is 1540. The number of aromatic nitrogens is 2. The van der Waals surface area contributed by atoms with Gasteiger partial charge in [-0.2, -0.15) is 5.26 Å². The fourth-order valence-corrected chi connectivity index (χ4v) is 4.98. The number of nitriles is 1. The van der Waals surface area contributed by atoms with E-state index in [0.29, 0.717) is 22.1 Å². The Balaban J connectivity index is 1.62. The summed E-state index contributed by atoms with van der Waals surface area (Å²) in [5.74, 6) is 0.878. The van der Waals surface area contributed by atoms with Crippen LogP contribution in [0.2, 0.25) is 5.02 Å². The van der Waals surface area contributed by atoms with Gasteiger partial charge in [0.1, 0.15) is 35.4 Å². The molecule has 0 radical (unpaired) electrons. The van der Waals surface area contributed by atoms with Crippen LogP contribution in [0.15, 0.2) is 48.6 Å². The van der Waals surface area contributed by atoms with E-state index in [2.05, 4.69) is 94.2 Å². The number of nitrogens with zero attached hydrogens (tertiary/aromatic N) is 5. The number of nitrogens with one attached hydrogen (secondary N) is 4. The lowest BCUT2D eigenvalue weighted by Crippen LogP contribution is -2.51. The minimum Gasteiger partial charge on any atom is -0.393 e. The van der Waals surface area contributed by atoms with Crippen LogP contribution >= 0.6 is 11.6 Å². The highest BCUT2D eigenvalue weighted by Gasteiger charge is 2.39. The molecule has 0 bridgehead atoms. The monoisotopic (exact) mass is 567 g/mol. The molecule has 41 heavy (non-hydrogen) atoms. The lowest BCUT2D eigenvalue weighted by Gasteiger charge is -2.41. The topological polar surface area (TPSA) is 104 Å². The zero-order valence-corrected chi connectivity index (χ0v) is 25.9. The Morgan fingerprint density at radius 2 is 1.83 bits per heavy atom. The summed E-state index contributed by atoms with van der Waals surface area (Å²) < 4.78 is 0. The molecule has 1 unspecified atom stereocenters. The molecule has 1 aromatic carbocycles. The molecule has 9 nitrogen and oxygen atoms in total. The van der Waals surface area contributed by atoms with E-state index in [0.717, 1.165) is 46.7 Å². The van der Waals surface area contributed by atoms with Crippen molar-refractivity contribution in [2.45, 2.75) is 50.4 Å². The quantitative estimate of drug-likeness (QED) is 0.304. The van der Waals surface area contributed by atoms with Gasteiger partial charge in [-0.05, 0) is 47.4 Å². The van der Waals surface area contributed by atoms with Gasteiger partial charge in [0, 0.05) is 49.8 Å². The van der Waals surface area contributed by atoms with Crippen molar-refractivity contribution in [3.63, 3.8) is 0 Å². The lowest BCUT2D eigenvalue weighted by molar-refractivity contribution is 0.260. The van der Waals surface area contributed by atoms with Crippen molar-refractivity contribution in [2.75, 3.05) is 29.6 Å². The number of fused-ring (bicyclic) bond motifs is 1. The van der Waals surface area contributed by atoms with Gasteiger partial charge in [-0.15, -0.1) is 5.53 Å². The van der Waals surface area contributed by atoms with Crippen molar-refractivity contribution in [3.05, 3.63) is 64.7 Å². The molecule has 4 N–H and O–H groups in total. The van der Waals surface area contributed by atoms with Crippen LogP contribution in [0.3, 0.4) is 0 Å². The molecule has 2 aliphatic rings. The highest BCUT2D eigenvalue weighted by atomic mass is 35.5. The van der Waals surface area contributed by atoms with Crippen molar-refractivity contribution in [1.82, 2.24) is 25.9 Å². The average molecular weight is 568 g/mol. The normalized spacial score (nSPS) is 16.9. The molecule has 5 rings (SSSR count). The molecule has 2 aromatic heterocycles. The van der Waals surface area contributed by atoms with Crippen LogP contribution in [-0.2, 0) is 5.44 Å². The van der Waals surface area contributed by atoms with Crippen LogP contribution in [0, 0.1) is 16.7 Å². The van der Waals surface area contributed by atoms with Gasteiger partial charge in [0.2, 0.25) is 0 Å². The summed E-state index contributed by atoms with van der Waals surface area (Å²) in [5, 5.41) is 20.5. The number of rotatable bonds is 8. The Morgan fingerprint density at radius 3 is 2.41 bits per heavy atom. The van der Waals surface area contributed by atoms with E-state index in [4.69, 9.17) is 16.6 Å². The maximum Gasteiger partial charge on any atom is 0.148 e. The molecule has 1 atom stereocenters. The first kappa shape index (κ1) is 29.0. The van der Waals surface area contributed by atoms with Gasteiger partial charge in [-0.3, -0.25) is 9.99 Å². The number of pyridine rings is 2. The molecule has 0 saturated heterocycles. The van der Waals surface area contributed by atoms with Gasteiger partial charge >= 0.3 is 0 Å². The van der Waals surface area contributed by atoms with Gasteiger partial charge in [-0.25, -0.2) is 4.98 Å². The van der Waals surface area contributed by atoms with E-state index in [9.17, 15) is 5.26 Å². The second-order valence-electron chi connectivity index (χ2n) is 13.0. The first-order chi connectivity index (χ1) is 19.2. The zero-order valence-electron chi connectivity index (χ0n) is 25.1. The molecule has 3 heterocycles. The minimum atomic E-state index is -0.690. The third-order valence-corrected chi connectivity index (χ3v) is 8.89. The molecule has 1 aliphatic heterocycles. The lowest BCUT2D eigenvalue weighted by atomic mass is 9.49. The predicted octanol–water partition coefficient (Wildman–Crippen LogP) is 1.83. The van der Waals surface area contributed by atoms with Gasteiger partial charge < -0.3 is 21.0 Å². The maximum atomic E-state index is 10.0. The standard InChI is InChI=1S/C28H37B3ClN9/c1-26(2,3)28(30,31)37-24-16(12-33)13-35-25-20(24)10-18(11-21(25)32)36-27(29,17-6-9-23(34-14-17)40(4)5)22-15-41(39-38-22)19-7-8-19/h6,9-11,13-15,19,36,38-39H,7-8,29-31H2,1-5H3,(H,35,37). The first-order valence-electron chi connectivity index (χ1n) is 14.0. The predicted molar refractivity (Wildman–Crippen MR) is 176 cm³/mol. The number of hydrogen-bond donors (Lipinski definition) is 4. The molecular weight excluding hydrogens is 530 g/mol. The van der Waals surface area contributed by atoms with E-state index < -0.39 is 5.44 Å². The van der Waals surface area contributed by atoms with Gasteiger partial charge in [0.05, 0.1) is 32.9 Å². The Kier molecular flexibility index (Phi) is 7.33. The van der Waals surface area contributed by atoms with Crippen molar-refractivity contribution in [1.29, 1.82) is 5.26 Å². The van der Waals surface area contributed by atoms with Crippen LogP contribution in [0.5, 0.6) is 0 Å². The van der Waals surface area contributed by atoms with Crippen LogP contribution in [0.1, 0.15) is 44.7 Å². The summed E-state index contributed by atoms with van der Waals surface area (Å²) in [6.07, 6.45) is 7.95. The summed E-state index contributed by atoms with van der Waals surface area (Å²) in [5.41, 5.74) is 10.5. The Labute approximate surface area is 250 Å². The van der Waals surface area contributed by atoms with Gasteiger partial charge in [-0.1, -0.05) is 38.4 Å². The van der Waals surface area contributed by atoms with Crippen LogP contribution in [-0.4, -0.2) is 64.0 Å². The highest BCUT2D eigenvalue weighted by molar-refractivity contribution is 6.42. The van der Waals surface area contributed by atoms with Crippen LogP contribution in [0.25, 0.3) is 10.9 Å². The second-order valence-corrected chi connectivity index (χ2v) is 13.4. The molecule has 0 spiro atoms. The van der Waals surface area contributed by atoms with Gasteiger partial charge in [0.15, 0.2) is 0 Å². The smallest absolute Gasteiger partial charge is 0.148 e. The Morgan fingerprint density at radius 1 is 1.10 bits per heavy atom. The average Bonchev–Trinajstić information content (AvgIpc) is 3.64. The maximum absolute atomic E-state index is 10.0. The molecule has 13 heteroatoms. The summed E-state index contributed by atoms with van der Waals surface area (Å²) in [7, 11) is 10.4. The summed E-state index contributed by atoms with van der Waals surface area (Å²) in [6, 6.07) is 10.8. The number of halogens is 1. The van der Waals surface area contributed by atoms with Crippen molar-refractivity contribution >= 4 is 63.2 Å². The van der Waals surface area contributed by atoms with E-state index >= 15 is 0 Å². The number of hydrazine groups is 2. The highest BCUT2D eigenvalue weighted by Crippen LogP contribution is 2.39. The van der Waals surface area contributed by atoms with Crippen LogP contribution in [0.4, 0.5) is 17.2 Å². The fraction of sp³-hybridized carbons (Fsp3) is 0.393. The zero-order chi connectivity index (χ0) is 29.7. The van der Waals surface area contributed by atoms with Gasteiger partial charge in [0.25, 0.3) is 0 Å². The summed E-state index contributed by atoms with van der Waals surface area (Å²) in [6.45, 7) is 6.53. The van der Waals surface area contributed by atoms with Crippen molar-refractivity contribution < 1.29 is 0 Å². The molecule has 1 saturated carbocycles. The molecular formula is C28H37B3ClN9. The number of anilines is 3. The third-order valence-electron chi connectivity index (χ3n) is 8.60. The molecule has 210 valence electrons. The van der Waals surface area contributed by atoms with E-state index in [1.807, 2.05) is 43.4 Å². The fourth-order valence-electron chi connectivity index (χ4n) is 4.71. The SMILES string of the molecule is BC(Nc1cc(Cl)c2ncc(C#N)c(NC(B)(B)C(C)(C)C)c2c1)(C1=CN(C2CC2)NN1)c1ccc(N(C)C)nc1. The summed E-state index contributed by atoms with van der Waals surface area (Å²) in [4.78, 5) is 11.2. The Hall–Kier alpha value is -3.55. The van der Waals surface area contributed by atoms with E-state index in [1.54, 1.807) is 6.20 Å². The molecule has 0 amide bonds. The minimum absolute atomic E-state index is 0.0830. The third kappa shape index (κ3) is 5.53. The van der Waals surface area contributed by atoms with E-state index in [-0.39, 0.29) is 10.8 Å². The largest absolute Gasteiger partial charge is 0.393 e. The molecule has 1 fully saturated rings. The number of benzene rings is 1. The van der Waals surface area contributed by atoms with E-state index in [1.165, 1.54) is 0 Å². The van der Waals surface area contributed by atoms with Crippen molar-refractivity contribution in [2.24, 2.45) is 5.41 Å². The second kappa shape index (κ2) is 10.4. The van der Waals surface area contributed by atoms with Crippen LogP contribution < -0.4 is 26.5 Å². The number of hydrogen-bond acceptors (Lipinski definition) is 9. The van der Waals surface area contributed by atoms with Crippen molar-refractivity contribution in [3.8, 4) is 6.07 Å². The first-order valence-corrected chi connectivity index (χ1v) is 14.4. The summed E-state index contributed by atoms with van der Waals surface area (Å²) >= 11 is 6.87. The molecule has 1 aliphatic carbocycles.